The lowest BCUT2D eigenvalue weighted by Gasteiger charge is -2.36. The van der Waals surface area contributed by atoms with E-state index in [2.05, 4.69) is 18.4 Å². The van der Waals surface area contributed by atoms with Crippen LogP contribution in [-0.2, 0) is 16.7 Å². The van der Waals surface area contributed by atoms with E-state index in [0.29, 0.717) is 33.8 Å². The zero-order valence-electron chi connectivity index (χ0n) is 23.5. The van der Waals surface area contributed by atoms with E-state index in [1.807, 2.05) is 55.5 Å². The molecule has 0 amide bonds. The molecule has 0 fully saturated rings. The van der Waals surface area contributed by atoms with Gasteiger partial charge < -0.3 is 28.3 Å². The number of fused-ring (bicyclic) bond motifs is 3. The number of halogens is 1. The quantitative estimate of drug-likeness (QED) is 0.211. The van der Waals surface area contributed by atoms with Crippen molar-refractivity contribution in [2.24, 2.45) is 0 Å². The van der Waals surface area contributed by atoms with Gasteiger partial charge in [-0.25, -0.2) is 4.79 Å². The van der Waals surface area contributed by atoms with Crippen LogP contribution in [0, 0.1) is 6.92 Å². The van der Waals surface area contributed by atoms with Crippen LogP contribution in [0.1, 0.15) is 32.0 Å². The first-order valence-electron chi connectivity index (χ1n) is 13.1. The number of hydrogen-bond acceptors (Lipinski definition) is 6. The predicted molar refractivity (Wildman–Crippen MR) is 155 cm³/mol. The van der Waals surface area contributed by atoms with Crippen molar-refractivity contribution in [3.63, 3.8) is 0 Å². The predicted octanol–water partition coefficient (Wildman–Crippen LogP) is 8.42. The molecule has 5 rings (SSSR count). The summed E-state index contributed by atoms with van der Waals surface area (Å²) in [6, 6.07) is 18.8. The molecule has 2 heterocycles. The highest BCUT2D eigenvalue weighted by Crippen LogP contribution is 2.53. The smallest absolute Gasteiger partial charge is 0.493 e. The Hall–Kier alpha value is -4.10. The molecule has 208 valence electrons. The van der Waals surface area contributed by atoms with Gasteiger partial charge in [0.1, 0.15) is 11.5 Å². The number of benzene rings is 3. The van der Waals surface area contributed by atoms with Crippen molar-refractivity contribution in [1.82, 2.24) is 4.57 Å². The summed E-state index contributed by atoms with van der Waals surface area (Å²) in [5.41, 5.74) is 4.96. The van der Waals surface area contributed by atoms with E-state index in [1.54, 1.807) is 33.3 Å². The molecular weight excluding hydrogens is 530 g/mol. The Morgan fingerprint density at radius 3 is 2.35 bits per heavy atom. The molecule has 40 heavy (non-hydrogen) atoms. The van der Waals surface area contributed by atoms with Crippen LogP contribution >= 0.6 is 11.6 Å². The van der Waals surface area contributed by atoms with Crippen LogP contribution in [-0.4, -0.2) is 31.5 Å². The maximum absolute atomic E-state index is 12.8. The second-order valence-electron chi connectivity index (χ2n) is 10.2. The minimum Gasteiger partial charge on any atom is -0.493 e. The van der Waals surface area contributed by atoms with Crippen LogP contribution in [0.15, 0.2) is 60.7 Å². The van der Waals surface area contributed by atoms with E-state index in [9.17, 15) is 4.79 Å². The molecule has 0 saturated heterocycles. The van der Waals surface area contributed by atoms with Crippen molar-refractivity contribution >= 4 is 17.8 Å². The average molecular weight is 562 g/mol. The zero-order chi connectivity index (χ0) is 28.6. The Labute approximate surface area is 239 Å². The number of ether oxygens (including phenoxy) is 5. The van der Waals surface area contributed by atoms with Crippen molar-refractivity contribution in [1.29, 1.82) is 0 Å². The van der Waals surface area contributed by atoms with Gasteiger partial charge in [-0.1, -0.05) is 23.7 Å². The standard InChI is InChI=1S/C32H32ClNO6/c1-7-38-31(35)40-30-28(20-9-8-10-24(15-20)39-23-13-11-22(33)12-14-23)19(2)34-29(30)25-17-27(37-6)26(36-5)16-21(25)18-32(34,3)4/h8-17H,7,18H2,1-6H3. The second-order valence-corrected chi connectivity index (χ2v) is 10.6. The molecule has 0 radical (unpaired) electrons. The van der Waals surface area contributed by atoms with Crippen LogP contribution < -0.4 is 18.9 Å². The minimum atomic E-state index is -0.767. The van der Waals surface area contributed by atoms with Gasteiger partial charge >= 0.3 is 6.16 Å². The summed E-state index contributed by atoms with van der Waals surface area (Å²) in [5.74, 6) is 2.95. The molecule has 8 heteroatoms. The van der Waals surface area contributed by atoms with Gasteiger partial charge in [0, 0.05) is 27.4 Å². The number of hydrogen-bond donors (Lipinski definition) is 0. The molecule has 0 saturated carbocycles. The SMILES string of the molecule is CCOC(=O)Oc1c(-c2cccc(Oc3ccc(Cl)cc3)c2)c(C)n2c1-c1cc(OC)c(OC)cc1CC2(C)C. The third-order valence-corrected chi connectivity index (χ3v) is 7.33. The van der Waals surface area contributed by atoms with Crippen molar-refractivity contribution < 1.29 is 28.5 Å². The molecule has 1 aliphatic rings. The average Bonchev–Trinajstić information content (AvgIpc) is 3.22. The Balaban J connectivity index is 1.73. The molecule has 0 aliphatic carbocycles. The maximum atomic E-state index is 12.8. The summed E-state index contributed by atoms with van der Waals surface area (Å²) < 4.78 is 30.8. The summed E-state index contributed by atoms with van der Waals surface area (Å²) in [5, 5.41) is 0.633. The molecule has 4 aromatic rings. The lowest BCUT2D eigenvalue weighted by Crippen LogP contribution is -2.34. The van der Waals surface area contributed by atoms with E-state index >= 15 is 0 Å². The van der Waals surface area contributed by atoms with Crippen LogP contribution in [0.2, 0.25) is 5.02 Å². The monoisotopic (exact) mass is 561 g/mol. The number of nitrogens with zero attached hydrogens (tertiary/aromatic N) is 1. The van der Waals surface area contributed by atoms with Gasteiger partial charge in [-0.2, -0.15) is 0 Å². The number of rotatable bonds is 7. The fourth-order valence-electron chi connectivity index (χ4n) is 5.52. The number of methoxy groups -OCH3 is 2. The van der Waals surface area contributed by atoms with Crippen LogP contribution in [0.4, 0.5) is 4.79 Å². The summed E-state index contributed by atoms with van der Waals surface area (Å²) in [6.07, 6.45) is -0.0282. The number of carbonyl (C=O) groups is 1. The number of carbonyl (C=O) groups excluding carboxylic acids is 1. The third-order valence-electron chi connectivity index (χ3n) is 7.08. The first-order chi connectivity index (χ1) is 19.2. The Bertz CT molecular complexity index is 1570. The van der Waals surface area contributed by atoms with Gasteiger partial charge in [0.25, 0.3) is 0 Å². The van der Waals surface area contributed by atoms with Gasteiger partial charge in [-0.05, 0) is 93.8 Å². The van der Waals surface area contributed by atoms with E-state index in [1.165, 1.54) is 0 Å². The molecule has 0 unspecified atom stereocenters. The summed E-state index contributed by atoms with van der Waals surface area (Å²) in [6.45, 7) is 8.32. The lowest BCUT2D eigenvalue weighted by molar-refractivity contribution is 0.104. The molecule has 1 aliphatic heterocycles. The Morgan fingerprint density at radius 2 is 1.68 bits per heavy atom. The molecule has 0 atom stereocenters. The fourth-order valence-corrected chi connectivity index (χ4v) is 5.65. The number of aromatic nitrogens is 1. The molecule has 0 bridgehead atoms. The highest BCUT2D eigenvalue weighted by atomic mass is 35.5. The zero-order valence-corrected chi connectivity index (χ0v) is 24.2. The molecular formula is C32H32ClNO6. The van der Waals surface area contributed by atoms with E-state index in [-0.39, 0.29) is 12.1 Å². The molecule has 3 aromatic carbocycles. The van der Waals surface area contributed by atoms with Gasteiger partial charge in [-0.15, -0.1) is 0 Å². The van der Waals surface area contributed by atoms with Crippen molar-refractivity contribution in [3.8, 4) is 51.1 Å². The Morgan fingerprint density at radius 1 is 0.975 bits per heavy atom. The van der Waals surface area contributed by atoms with Gasteiger partial charge in [0.2, 0.25) is 0 Å². The highest BCUT2D eigenvalue weighted by Gasteiger charge is 2.39. The fraction of sp³-hybridized carbons (Fsp3) is 0.281. The Kier molecular flexibility index (Phi) is 7.43. The van der Waals surface area contributed by atoms with Gasteiger partial charge in [0.15, 0.2) is 17.2 Å². The molecule has 1 aromatic heterocycles. The van der Waals surface area contributed by atoms with Crippen LogP contribution in [0.3, 0.4) is 0 Å². The summed E-state index contributed by atoms with van der Waals surface area (Å²) in [4.78, 5) is 12.8. The minimum absolute atomic E-state index is 0.195. The van der Waals surface area contributed by atoms with Crippen LogP contribution in [0.5, 0.6) is 28.7 Å². The first kappa shape index (κ1) is 27.5. The maximum Gasteiger partial charge on any atom is 0.513 e. The second kappa shape index (κ2) is 10.8. The van der Waals surface area contributed by atoms with E-state index < -0.39 is 6.16 Å². The van der Waals surface area contributed by atoms with Gasteiger partial charge in [-0.3, -0.25) is 0 Å². The molecule has 7 nitrogen and oxygen atoms in total. The van der Waals surface area contributed by atoms with Crippen molar-refractivity contribution in [2.45, 2.75) is 39.7 Å². The third kappa shape index (κ3) is 4.97. The lowest BCUT2D eigenvalue weighted by atomic mass is 9.85. The first-order valence-corrected chi connectivity index (χ1v) is 13.4. The summed E-state index contributed by atoms with van der Waals surface area (Å²) in [7, 11) is 3.23. The topological polar surface area (TPSA) is 68.2 Å². The highest BCUT2D eigenvalue weighted by molar-refractivity contribution is 6.30. The van der Waals surface area contributed by atoms with Crippen molar-refractivity contribution in [3.05, 3.63) is 76.9 Å². The van der Waals surface area contributed by atoms with E-state index in [4.69, 9.17) is 35.3 Å². The van der Waals surface area contributed by atoms with Crippen LogP contribution in [0.25, 0.3) is 22.4 Å². The molecule has 0 spiro atoms. The van der Waals surface area contributed by atoms with E-state index in [0.717, 1.165) is 40.1 Å². The normalized spacial score (nSPS) is 13.2. The van der Waals surface area contributed by atoms with Crippen molar-refractivity contribution in [2.75, 3.05) is 20.8 Å². The van der Waals surface area contributed by atoms with Gasteiger partial charge in [0.05, 0.1) is 26.5 Å². The summed E-state index contributed by atoms with van der Waals surface area (Å²) >= 11 is 6.04. The molecule has 0 N–H and O–H groups in total. The largest absolute Gasteiger partial charge is 0.513 e.